The normalized spacial score (nSPS) is 16.0. The van der Waals surface area contributed by atoms with Crippen LogP contribution in [-0.2, 0) is 0 Å². The Hall–Kier alpha value is -2.11. The molecule has 0 aliphatic heterocycles. The van der Waals surface area contributed by atoms with Gasteiger partial charge < -0.3 is 10.6 Å². The Balaban J connectivity index is 2.11. The molecular formula is C15H21N3O3. The SMILES string of the molecule is CNc1ccc(C(=O)NC2CCCCCC2)cc1[N+](=O)[O-]. The number of hydrogen-bond donors (Lipinski definition) is 2. The fourth-order valence-electron chi connectivity index (χ4n) is 2.73. The molecular weight excluding hydrogens is 270 g/mol. The molecule has 0 bridgehead atoms. The van der Waals surface area contributed by atoms with Gasteiger partial charge in [0.05, 0.1) is 4.92 Å². The highest BCUT2D eigenvalue weighted by atomic mass is 16.6. The van der Waals surface area contributed by atoms with E-state index in [1.54, 1.807) is 19.2 Å². The van der Waals surface area contributed by atoms with Crippen molar-refractivity contribution < 1.29 is 9.72 Å². The predicted octanol–water partition coefficient (Wildman–Crippen LogP) is 3.09. The average Bonchev–Trinajstić information content (AvgIpc) is 2.75. The topological polar surface area (TPSA) is 84.3 Å². The molecule has 1 aliphatic carbocycles. The van der Waals surface area contributed by atoms with Crippen LogP contribution in [0.4, 0.5) is 11.4 Å². The standard InChI is InChI=1S/C15H21N3O3/c1-16-13-9-8-11(10-14(13)18(20)21)15(19)17-12-6-4-2-3-5-7-12/h8-10,12,16H,2-7H2,1H3,(H,17,19). The van der Waals surface area contributed by atoms with Crippen LogP contribution in [0, 0.1) is 10.1 Å². The van der Waals surface area contributed by atoms with Crippen molar-refractivity contribution in [3.05, 3.63) is 33.9 Å². The summed E-state index contributed by atoms with van der Waals surface area (Å²) in [7, 11) is 1.62. The van der Waals surface area contributed by atoms with E-state index in [0.717, 1.165) is 25.7 Å². The molecule has 1 aliphatic rings. The predicted molar refractivity (Wildman–Crippen MR) is 81.6 cm³/mol. The summed E-state index contributed by atoms with van der Waals surface area (Å²) in [6.45, 7) is 0. The van der Waals surface area contributed by atoms with Gasteiger partial charge in [-0.3, -0.25) is 14.9 Å². The van der Waals surface area contributed by atoms with Gasteiger partial charge in [-0.25, -0.2) is 0 Å². The van der Waals surface area contributed by atoms with E-state index in [1.165, 1.54) is 18.9 Å². The van der Waals surface area contributed by atoms with Crippen molar-refractivity contribution >= 4 is 17.3 Å². The first kappa shape index (κ1) is 15.3. The number of amides is 1. The Kier molecular flexibility index (Phi) is 5.14. The lowest BCUT2D eigenvalue weighted by Gasteiger charge is -2.16. The minimum Gasteiger partial charge on any atom is -0.383 e. The van der Waals surface area contributed by atoms with Crippen molar-refractivity contribution in [3.63, 3.8) is 0 Å². The fraction of sp³-hybridized carbons (Fsp3) is 0.533. The summed E-state index contributed by atoms with van der Waals surface area (Å²) in [5.74, 6) is -0.229. The molecule has 6 heteroatoms. The number of nitrogens with zero attached hydrogens (tertiary/aromatic N) is 1. The van der Waals surface area contributed by atoms with Crippen LogP contribution in [0.5, 0.6) is 0 Å². The zero-order chi connectivity index (χ0) is 15.2. The van der Waals surface area contributed by atoms with Crippen molar-refractivity contribution in [1.29, 1.82) is 0 Å². The third-order valence-electron chi connectivity index (χ3n) is 3.92. The molecule has 6 nitrogen and oxygen atoms in total. The Morgan fingerprint density at radius 2 is 1.90 bits per heavy atom. The molecule has 0 unspecified atom stereocenters. The maximum Gasteiger partial charge on any atom is 0.293 e. The van der Waals surface area contributed by atoms with Crippen LogP contribution in [0.1, 0.15) is 48.9 Å². The van der Waals surface area contributed by atoms with Gasteiger partial charge in [0.2, 0.25) is 0 Å². The van der Waals surface area contributed by atoms with Gasteiger partial charge in [-0.2, -0.15) is 0 Å². The molecule has 114 valence electrons. The van der Waals surface area contributed by atoms with E-state index in [1.807, 2.05) is 0 Å². The van der Waals surface area contributed by atoms with Gasteiger partial charge in [0, 0.05) is 24.7 Å². The second-order valence-corrected chi connectivity index (χ2v) is 5.40. The Labute approximate surface area is 124 Å². The first-order valence-electron chi connectivity index (χ1n) is 7.39. The van der Waals surface area contributed by atoms with E-state index < -0.39 is 4.92 Å². The molecule has 0 spiro atoms. The van der Waals surface area contributed by atoms with Crippen LogP contribution in [-0.4, -0.2) is 23.9 Å². The molecule has 1 amide bonds. The number of nitro benzene ring substituents is 1. The van der Waals surface area contributed by atoms with Crippen molar-refractivity contribution in [2.45, 2.75) is 44.6 Å². The van der Waals surface area contributed by atoms with Crippen LogP contribution < -0.4 is 10.6 Å². The Bertz CT molecular complexity index is 523. The molecule has 0 aromatic heterocycles. The maximum absolute atomic E-state index is 12.2. The number of nitro groups is 1. The van der Waals surface area contributed by atoms with E-state index in [0.29, 0.717) is 11.3 Å². The summed E-state index contributed by atoms with van der Waals surface area (Å²) in [5.41, 5.74) is 0.668. The van der Waals surface area contributed by atoms with Gasteiger partial charge >= 0.3 is 0 Å². The van der Waals surface area contributed by atoms with Crippen molar-refractivity contribution in [3.8, 4) is 0 Å². The summed E-state index contributed by atoms with van der Waals surface area (Å²) in [5, 5.41) is 16.8. The van der Waals surface area contributed by atoms with E-state index in [-0.39, 0.29) is 17.6 Å². The Morgan fingerprint density at radius 1 is 1.24 bits per heavy atom. The van der Waals surface area contributed by atoms with Crippen LogP contribution in [0.25, 0.3) is 0 Å². The first-order chi connectivity index (χ1) is 10.1. The van der Waals surface area contributed by atoms with Gasteiger partial charge in [0.15, 0.2) is 0 Å². The molecule has 0 heterocycles. The highest BCUT2D eigenvalue weighted by Gasteiger charge is 2.19. The third kappa shape index (κ3) is 3.93. The largest absolute Gasteiger partial charge is 0.383 e. The molecule has 1 saturated carbocycles. The van der Waals surface area contributed by atoms with Crippen LogP contribution in [0.3, 0.4) is 0 Å². The summed E-state index contributed by atoms with van der Waals surface area (Å²) in [6.07, 6.45) is 6.67. The quantitative estimate of drug-likeness (QED) is 0.507. The van der Waals surface area contributed by atoms with Gasteiger partial charge in [0.1, 0.15) is 5.69 Å². The third-order valence-corrected chi connectivity index (χ3v) is 3.92. The highest BCUT2D eigenvalue weighted by Crippen LogP contribution is 2.25. The minimum absolute atomic E-state index is 0.0778. The van der Waals surface area contributed by atoms with E-state index >= 15 is 0 Å². The zero-order valence-electron chi connectivity index (χ0n) is 12.2. The second kappa shape index (κ2) is 7.06. The monoisotopic (exact) mass is 291 g/mol. The van der Waals surface area contributed by atoms with Gasteiger partial charge in [-0.15, -0.1) is 0 Å². The smallest absolute Gasteiger partial charge is 0.293 e. The second-order valence-electron chi connectivity index (χ2n) is 5.40. The van der Waals surface area contributed by atoms with Crippen LogP contribution in [0.15, 0.2) is 18.2 Å². The average molecular weight is 291 g/mol. The summed E-state index contributed by atoms with van der Waals surface area (Å²) < 4.78 is 0. The molecule has 2 rings (SSSR count). The van der Waals surface area contributed by atoms with Gasteiger partial charge in [-0.05, 0) is 25.0 Å². The van der Waals surface area contributed by atoms with Gasteiger partial charge in [0.25, 0.3) is 11.6 Å². The van der Waals surface area contributed by atoms with E-state index in [9.17, 15) is 14.9 Å². The summed E-state index contributed by atoms with van der Waals surface area (Å²) in [4.78, 5) is 22.8. The number of carbonyl (C=O) groups is 1. The summed E-state index contributed by atoms with van der Waals surface area (Å²) >= 11 is 0. The fourth-order valence-corrected chi connectivity index (χ4v) is 2.73. The molecule has 1 aromatic carbocycles. The number of hydrogen-bond acceptors (Lipinski definition) is 4. The molecule has 0 saturated heterocycles. The lowest BCUT2D eigenvalue weighted by molar-refractivity contribution is -0.384. The molecule has 1 fully saturated rings. The number of nitrogens with one attached hydrogen (secondary N) is 2. The first-order valence-corrected chi connectivity index (χ1v) is 7.39. The number of benzene rings is 1. The van der Waals surface area contributed by atoms with E-state index in [4.69, 9.17) is 0 Å². The summed E-state index contributed by atoms with van der Waals surface area (Å²) in [6, 6.07) is 4.70. The number of anilines is 1. The van der Waals surface area contributed by atoms with Crippen molar-refractivity contribution in [1.82, 2.24) is 5.32 Å². The number of rotatable bonds is 4. The molecule has 1 aromatic rings. The molecule has 21 heavy (non-hydrogen) atoms. The Morgan fingerprint density at radius 3 is 2.48 bits per heavy atom. The lowest BCUT2D eigenvalue weighted by Crippen LogP contribution is -2.34. The molecule has 0 radical (unpaired) electrons. The van der Waals surface area contributed by atoms with Crippen LogP contribution >= 0.6 is 0 Å². The van der Waals surface area contributed by atoms with Gasteiger partial charge in [-0.1, -0.05) is 25.7 Å². The minimum atomic E-state index is -0.478. The van der Waals surface area contributed by atoms with Crippen molar-refractivity contribution in [2.75, 3.05) is 12.4 Å². The van der Waals surface area contributed by atoms with Crippen LogP contribution in [0.2, 0.25) is 0 Å². The van der Waals surface area contributed by atoms with Crippen molar-refractivity contribution in [2.24, 2.45) is 0 Å². The highest BCUT2D eigenvalue weighted by molar-refractivity contribution is 5.95. The van der Waals surface area contributed by atoms with E-state index in [2.05, 4.69) is 10.6 Å². The molecule has 0 atom stereocenters. The number of carbonyl (C=O) groups excluding carboxylic acids is 1. The molecule has 2 N–H and O–H groups in total. The zero-order valence-corrected chi connectivity index (χ0v) is 12.2. The lowest BCUT2D eigenvalue weighted by atomic mass is 10.1. The maximum atomic E-state index is 12.2.